The molecule has 1 radical (unpaired) electrons. The smallest absolute Gasteiger partial charge is 0.0135 e. The van der Waals surface area contributed by atoms with Crippen molar-refractivity contribution in [3.63, 3.8) is 0 Å². The van der Waals surface area contributed by atoms with Gasteiger partial charge in [0.1, 0.15) is 0 Å². The topological polar surface area (TPSA) is 0 Å². The van der Waals surface area contributed by atoms with Crippen molar-refractivity contribution >= 4 is 25.5 Å². The molecule has 0 amide bonds. The standard InChI is InChI=1S/C4H9Se.C2H8Si/c1-4(2,3)5;1-3-2/h1-3H3;3H2,1-2H3. The van der Waals surface area contributed by atoms with E-state index in [4.69, 9.17) is 0 Å². The summed E-state index contributed by atoms with van der Waals surface area (Å²) >= 11 is 2.98. The van der Waals surface area contributed by atoms with Gasteiger partial charge in [-0.1, -0.05) is 13.1 Å². The van der Waals surface area contributed by atoms with E-state index in [9.17, 15) is 0 Å². The minimum Gasteiger partial charge on any atom is -0.0750 e. The number of rotatable bonds is 0. The monoisotopic (exact) mass is 197 g/mol. The first-order valence-corrected chi connectivity index (χ1v) is 6.80. The first kappa shape index (κ1) is 11.5. The zero-order valence-electron chi connectivity index (χ0n) is 6.62. The zero-order chi connectivity index (χ0) is 7.21. The molecule has 0 nitrogen and oxygen atoms in total. The van der Waals surface area contributed by atoms with Gasteiger partial charge < -0.3 is 0 Å². The van der Waals surface area contributed by atoms with Crippen LogP contribution in [-0.2, 0) is 0 Å². The van der Waals surface area contributed by atoms with Gasteiger partial charge in [-0.3, -0.25) is 0 Å². The van der Waals surface area contributed by atoms with Crippen LogP contribution >= 0.6 is 0 Å². The van der Waals surface area contributed by atoms with Crippen LogP contribution in [-0.4, -0.2) is 25.5 Å². The van der Waals surface area contributed by atoms with Crippen LogP contribution in [0.1, 0.15) is 20.8 Å². The minimum atomic E-state index is 0.375. The summed E-state index contributed by atoms with van der Waals surface area (Å²) in [5.41, 5.74) is 0. The Morgan fingerprint density at radius 2 is 1.12 bits per heavy atom. The van der Waals surface area contributed by atoms with Crippen LogP contribution in [0.25, 0.3) is 0 Å². The molecule has 0 fully saturated rings. The first-order chi connectivity index (χ1) is 3.41. The van der Waals surface area contributed by atoms with Crippen molar-refractivity contribution in [1.29, 1.82) is 0 Å². The van der Waals surface area contributed by atoms with Gasteiger partial charge in [0.15, 0.2) is 0 Å². The maximum absolute atomic E-state index is 2.98. The molecule has 51 valence electrons. The summed E-state index contributed by atoms with van der Waals surface area (Å²) < 4.78 is 0.375. The predicted octanol–water partition coefficient (Wildman–Crippen LogP) is 1.62. The van der Waals surface area contributed by atoms with Crippen LogP contribution in [0, 0.1) is 0 Å². The molecule has 0 aliphatic rings. The van der Waals surface area contributed by atoms with Crippen LogP contribution < -0.4 is 0 Å². The molecule has 0 aromatic carbocycles. The molecule has 0 aromatic heterocycles. The van der Waals surface area contributed by atoms with Crippen molar-refractivity contribution in [2.24, 2.45) is 0 Å². The van der Waals surface area contributed by atoms with E-state index in [2.05, 4.69) is 49.9 Å². The van der Waals surface area contributed by atoms with Crippen molar-refractivity contribution in [1.82, 2.24) is 0 Å². The predicted molar refractivity (Wildman–Crippen MR) is 45.7 cm³/mol. The minimum absolute atomic E-state index is 0.375. The molecule has 8 heavy (non-hydrogen) atoms. The van der Waals surface area contributed by atoms with E-state index in [1.54, 1.807) is 0 Å². The molecule has 0 unspecified atom stereocenters. The van der Waals surface area contributed by atoms with Crippen LogP contribution in [0.4, 0.5) is 0 Å². The van der Waals surface area contributed by atoms with Gasteiger partial charge in [0, 0.05) is 9.52 Å². The van der Waals surface area contributed by atoms with Gasteiger partial charge in [-0.2, -0.15) is 0 Å². The molecule has 0 N–H and O–H groups in total. The number of hydrogen-bond donors (Lipinski definition) is 0. The van der Waals surface area contributed by atoms with Crippen molar-refractivity contribution in [3.8, 4) is 0 Å². The average Bonchev–Trinajstić information content (AvgIpc) is 1.27. The Morgan fingerprint density at radius 3 is 1.12 bits per heavy atom. The molecule has 0 heterocycles. The number of hydrogen-bond acceptors (Lipinski definition) is 0. The Bertz CT molecular complexity index is 32.3. The maximum Gasteiger partial charge on any atom is 0.0135 e. The summed E-state index contributed by atoms with van der Waals surface area (Å²) in [6, 6.07) is 0. The van der Waals surface area contributed by atoms with Gasteiger partial charge in [-0.25, -0.2) is 0 Å². The quantitative estimate of drug-likeness (QED) is 0.516. The molecule has 0 saturated carbocycles. The second-order valence-electron chi connectivity index (χ2n) is 2.82. The van der Waals surface area contributed by atoms with E-state index in [0.717, 1.165) is 0 Å². The fourth-order valence-corrected chi connectivity index (χ4v) is 0. The normalized spacial score (nSPS) is 9.75. The Kier molecular flexibility index (Phi) is 8.45. The van der Waals surface area contributed by atoms with Crippen molar-refractivity contribution in [2.45, 2.75) is 38.2 Å². The van der Waals surface area contributed by atoms with Gasteiger partial charge in [0.25, 0.3) is 0 Å². The molecule has 0 spiro atoms. The van der Waals surface area contributed by atoms with Crippen molar-refractivity contribution < 1.29 is 0 Å². The van der Waals surface area contributed by atoms with E-state index in [1.807, 2.05) is 0 Å². The van der Waals surface area contributed by atoms with Gasteiger partial charge in [-0.15, -0.1) is 0 Å². The second-order valence-corrected chi connectivity index (χ2v) is 6.80. The second kappa shape index (κ2) is 5.87. The van der Waals surface area contributed by atoms with Gasteiger partial charge in [0.2, 0.25) is 0 Å². The third-order valence-electron chi connectivity index (χ3n) is 0. The largest absolute Gasteiger partial charge is 0.0750 e. The summed E-state index contributed by atoms with van der Waals surface area (Å²) in [4.78, 5) is 0. The maximum atomic E-state index is 2.98. The molecule has 0 saturated heterocycles. The molecule has 0 aliphatic heterocycles. The van der Waals surface area contributed by atoms with Crippen LogP contribution in [0.15, 0.2) is 0 Å². The summed E-state index contributed by atoms with van der Waals surface area (Å²) in [5.74, 6) is 0. The third-order valence-corrected chi connectivity index (χ3v) is 0. The summed E-state index contributed by atoms with van der Waals surface area (Å²) in [6.07, 6.45) is 0. The molecule has 0 aromatic rings. The van der Waals surface area contributed by atoms with Gasteiger partial charge in [0.05, 0.1) is 0 Å². The van der Waals surface area contributed by atoms with Crippen molar-refractivity contribution in [2.75, 3.05) is 0 Å². The van der Waals surface area contributed by atoms with E-state index in [1.165, 1.54) is 0 Å². The SMILES string of the molecule is CC(C)(C)[Se].C[SiH2]C. The van der Waals surface area contributed by atoms with E-state index in [0.29, 0.717) is 13.8 Å². The summed E-state index contributed by atoms with van der Waals surface area (Å²) in [6.45, 7) is 10.9. The van der Waals surface area contributed by atoms with Crippen LogP contribution in [0.5, 0.6) is 0 Å². The van der Waals surface area contributed by atoms with E-state index >= 15 is 0 Å². The van der Waals surface area contributed by atoms with Crippen LogP contribution in [0.2, 0.25) is 17.4 Å². The molecular formula is C6H17SeSi. The van der Waals surface area contributed by atoms with E-state index < -0.39 is 0 Å². The Labute approximate surface area is 64.1 Å². The molecule has 0 bridgehead atoms. The van der Waals surface area contributed by atoms with Gasteiger partial charge in [-0.05, 0) is 0 Å². The zero-order valence-corrected chi connectivity index (χ0v) is 9.74. The molecule has 0 aliphatic carbocycles. The van der Waals surface area contributed by atoms with Gasteiger partial charge >= 0.3 is 41.1 Å². The Hall–Kier alpha value is 0.736. The van der Waals surface area contributed by atoms with Crippen LogP contribution in [0.3, 0.4) is 0 Å². The molecule has 0 atom stereocenters. The third kappa shape index (κ3) is 409. The molecular weight excluding hydrogens is 179 g/mol. The van der Waals surface area contributed by atoms with Crippen molar-refractivity contribution in [3.05, 3.63) is 0 Å². The van der Waals surface area contributed by atoms with E-state index in [-0.39, 0.29) is 0 Å². The molecule has 0 rings (SSSR count). The average molecular weight is 196 g/mol. The Balaban J connectivity index is 0. The fourth-order valence-electron chi connectivity index (χ4n) is 0. The first-order valence-electron chi connectivity index (χ1n) is 3.12. The molecule has 2 heteroatoms. The Morgan fingerprint density at radius 1 is 1.12 bits per heavy atom. The fraction of sp³-hybridized carbons (Fsp3) is 1.00. The summed E-state index contributed by atoms with van der Waals surface area (Å²) in [5, 5.41) is 0. The summed E-state index contributed by atoms with van der Waals surface area (Å²) in [7, 11) is 0.417.